The van der Waals surface area contributed by atoms with Gasteiger partial charge in [-0.2, -0.15) is 0 Å². The lowest BCUT2D eigenvalue weighted by atomic mass is 9.87. The van der Waals surface area contributed by atoms with E-state index in [-0.39, 0.29) is 23.6 Å². The molecule has 4 rings (SSSR count). The molecule has 1 atom stereocenters. The second kappa shape index (κ2) is 11.6. The number of ether oxygens (including phenoxy) is 1. The van der Waals surface area contributed by atoms with Gasteiger partial charge in [-0.3, -0.25) is 14.4 Å². The van der Waals surface area contributed by atoms with Crippen LogP contribution in [0.5, 0.6) is 5.75 Å². The van der Waals surface area contributed by atoms with Crippen LogP contribution in [0.1, 0.15) is 52.8 Å². The summed E-state index contributed by atoms with van der Waals surface area (Å²) in [5.74, 6) is 0.224. The molecule has 2 heterocycles. The van der Waals surface area contributed by atoms with E-state index >= 15 is 0 Å². The Balaban J connectivity index is 1.46. The van der Waals surface area contributed by atoms with Gasteiger partial charge < -0.3 is 19.9 Å². The fourth-order valence-corrected chi connectivity index (χ4v) is 5.13. The van der Waals surface area contributed by atoms with Crippen LogP contribution in [0.3, 0.4) is 0 Å². The molecule has 8 heteroatoms. The van der Waals surface area contributed by atoms with Crippen LogP contribution < -0.4 is 10.1 Å². The summed E-state index contributed by atoms with van der Waals surface area (Å²) in [7, 11) is 1.59. The lowest BCUT2D eigenvalue weighted by Crippen LogP contribution is -2.55. The molecule has 0 spiro atoms. The highest BCUT2D eigenvalue weighted by molar-refractivity contribution is 6.33. The minimum absolute atomic E-state index is 0.0369. The second-order valence-electron chi connectivity index (χ2n) is 9.18. The van der Waals surface area contributed by atoms with Gasteiger partial charge in [0, 0.05) is 31.7 Å². The first kappa shape index (κ1) is 25.0. The standard InChI is InChI=1S/C27H32ClN3O4/c1-35-21-11-9-20(10-12-21)26(33)31-17-13-19(14-18-31)24(27(34)30-15-5-2-6-16-30)29-25(32)22-7-3-4-8-23(22)28/h3-4,7-12,19,24H,2,5-6,13-18H2,1H3,(H,29,32). The number of carbonyl (C=O) groups is 3. The van der Waals surface area contributed by atoms with Crippen LogP contribution in [0.4, 0.5) is 0 Å². The van der Waals surface area contributed by atoms with Crippen molar-refractivity contribution in [2.75, 3.05) is 33.3 Å². The molecular formula is C27H32ClN3O4. The highest BCUT2D eigenvalue weighted by atomic mass is 35.5. The summed E-state index contributed by atoms with van der Waals surface area (Å²) < 4.78 is 5.17. The number of benzene rings is 2. The summed E-state index contributed by atoms with van der Waals surface area (Å²) in [6.07, 6.45) is 4.34. The normalized spacial score (nSPS) is 17.5. The Morgan fingerprint density at radius 2 is 1.57 bits per heavy atom. The monoisotopic (exact) mass is 497 g/mol. The van der Waals surface area contributed by atoms with Crippen LogP contribution in [0.25, 0.3) is 0 Å². The third-order valence-corrected chi connectivity index (χ3v) is 7.30. The Bertz CT molecular complexity index is 1040. The number of likely N-dealkylation sites (tertiary alicyclic amines) is 2. The van der Waals surface area contributed by atoms with Crippen molar-refractivity contribution in [1.29, 1.82) is 0 Å². The van der Waals surface area contributed by atoms with Gasteiger partial charge in [-0.25, -0.2) is 0 Å². The van der Waals surface area contributed by atoms with E-state index in [1.807, 2.05) is 9.80 Å². The quantitative estimate of drug-likeness (QED) is 0.654. The fourth-order valence-electron chi connectivity index (χ4n) is 4.91. The van der Waals surface area contributed by atoms with Crippen molar-refractivity contribution in [1.82, 2.24) is 15.1 Å². The molecular weight excluding hydrogens is 466 g/mol. The predicted octanol–water partition coefficient (Wildman–Crippen LogP) is 4.01. The van der Waals surface area contributed by atoms with E-state index in [9.17, 15) is 14.4 Å². The van der Waals surface area contributed by atoms with E-state index in [0.29, 0.717) is 60.9 Å². The van der Waals surface area contributed by atoms with Gasteiger partial charge in [0.05, 0.1) is 17.7 Å². The van der Waals surface area contributed by atoms with Gasteiger partial charge in [0.2, 0.25) is 5.91 Å². The van der Waals surface area contributed by atoms with Crippen LogP contribution in [-0.2, 0) is 4.79 Å². The van der Waals surface area contributed by atoms with Crippen molar-refractivity contribution in [2.45, 2.75) is 38.1 Å². The number of nitrogens with one attached hydrogen (secondary N) is 1. The van der Waals surface area contributed by atoms with Crippen molar-refractivity contribution in [3.05, 3.63) is 64.7 Å². The third-order valence-electron chi connectivity index (χ3n) is 6.97. The van der Waals surface area contributed by atoms with Gasteiger partial charge in [0.1, 0.15) is 11.8 Å². The minimum Gasteiger partial charge on any atom is -0.497 e. The first-order chi connectivity index (χ1) is 17.0. The summed E-state index contributed by atoms with van der Waals surface area (Å²) in [6, 6.07) is 13.3. The van der Waals surface area contributed by atoms with Crippen LogP contribution >= 0.6 is 11.6 Å². The molecule has 1 N–H and O–H groups in total. The number of methoxy groups -OCH3 is 1. The van der Waals surface area contributed by atoms with E-state index in [1.54, 1.807) is 55.6 Å². The first-order valence-electron chi connectivity index (χ1n) is 12.3. The molecule has 0 aromatic heterocycles. The van der Waals surface area contributed by atoms with Gasteiger partial charge in [0.25, 0.3) is 11.8 Å². The van der Waals surface area contributed by atoms with Crippen LogP contribution in [0.2, 0.25) is 5.02 Å². The number of halogens is 1. The van der Waals surface area contributed by atoms with E-state index in [1.165, 1.54) is 0 Å². The minimum atomic E-state index is -0.643. The van der Waals surface area contributed by atoms with Crippen molar-refractivity contribution >= 4 is 29.3 Å². The molecule has 0 radical (unpaired) electrons. The number of rotatable bonds is 6. The summed E-state index contributed by atoms with van der Waals surface area (Å²) in [5.41, 5.74) is 0.968. The zero-order chi connectivity index (χ0) is 24.8. The Morgan fingerprint density at radius 1 is 0.914 bits per heavy atom. The van der Waals surface area contributed by atoms with Crippen molar-refractivity contribution < 1.29 is 19.1 Å². The molecule has 186 valence electrons. The summed E-state index contributed by atoms with van der Waals surface area (Å²) in [4.78, 5) is 43.3. The summed E-state index contributed by atoms with van der Waals surface area (Å²) in [5, 5.41) is 3.35. The van der Waals surface area contributed by atoms with E-state index in [0.717, 1.165) is 19.3 Å². The average molecular weight is 498 g/mol. The maximum atomic E-state index is 13.5. The highest BCUT2D eigenvalue weighted by Crippen LogP contribution is 2.26. The second-order valence-corrected chi connectivity index (χ2v) is 9.58. The Morgan fingerprint density at radius 3 is 2.20 bits per heavy atom. The molecule has 2 aromatic rings. The molecule has 0 aliphatic carbocycles. The van der Waals surface area contributed by atoms with E-state index in [2.05, 4.69) is 5.32 Å². The topological polar surface area (TPSA) is 79.0 Å². The molecule has 7 nitrogen and oxygen atoms in total. The zero-order valence-corrected chi connectivity index (χ0v) is 20.8. The first-order valence-corrected chi connectivity index (χ1v) is 12.6. The maximum Gasteiger partial charge on any atom is 0.253 e. The number of piperidine rings is 2. The highest BCUT2D eigenvalue weighted by Gasteiger charge is 2.36. The SMILES string of the molecule is COc1ccc(C(=O)N2CCC(C(NC(=O)c3ccccc3Cl)C(=O)N3CCCCC3)CC2)cc1. The molecule has 3 amide bonds. The molecule has 2 fully saturated rings. The van der Waals surface area contributed by atoms with Crippen LogP contribution in [0, 0.1) is 5.92 Å². The summed E-state index contributed by atoms with van der Waals surface area (Å²) >= 11 is 6.24. The lowest BCUT2D eigenvalue weighted by molar-refractivity contribution is -0.136. The largest absolute Gasteiger partial charge is 0.497 e. The molecule has 2 aromatic carbocycles. The Hall–Kier alpha value is -3.06. The fraction of sp³-hybridized carbons (Fsp3) is 0.444. The van der Waals surface area contributed by atoms with E-state index in [4.69, 9.17) is 16.3 Å². The third kappa shape index (κ3) is 5.96. The van der Waals surface area contributed by atoms with Crippen molar-refractivity contribution in [3.8, 4) is 5.75 Å². The number of amides is 3. The molecule has 35 heavy (non-hydrogen) atoms. The van der Waals surface area contributed by atoms with Crippen molar-refractivity contribution in [3.63, 3.8) is 0 Å². The molecule has 2 saturated heterocycles. The van der Waals surface area contributed by atoms with E-state index < -0.39 is 6.04 Å². The van der Waals surface area contributed by atoms with Gasteiger partial charge in [-0.15, -0.1) is 0 Å². The number of hydrogen-bond acceptors (Lipinski definition) is 4. The van der Waals surface area contributed by atoms with Gasteiger partial charge in [-0.1, -0.05) is 23.7 Å². The lowest BCUT2D eigenvalue weighted by Gasteiger charge is -2.38. The number of carbonyl (C=O) groups excluding carboxylic acids is 3. The molecule has 2 aliphatic rings. The molecule has 1 unspecified atom stereocenters. The van der Waals surface area contributed by atoms with Gasteiger partial charge >= 0.3 is 0 Å². The number of hydrogen-bond donors (Lipinski definition) is 1. The zero-order valence-electron chi connectivity index (χ0n) is 20.0. The van der Waals surface area contributed by atoms with Crippen LogP contribution in [-0.4, -0.2) is 66.9 Å². The molecule has 0 saturated carbocycles. The van der Waals surface area contributed by atoms with Crippen molar-refractivity contribution in [2.24, 2.45) is 5.92 Å². The van der Waals surface area contributed by atoms with Crippen LogP contribution in [0.15, 0.2) is 48.5 Å². The Labute approximate surface area is 211 Å². The Kier molecular flexibility index (Phi) is 8.29. The number of nitrogens with zero attached hydrogens (tertiary/aromatic N) is 2. The predicted molar refractivity (Wildman–Crippen MR) is 135 cm³/mol. The average Bonchev–Trinajstić information content (AvgIpc) is 2.91. The van der Waals surface area contributed by atoms with Gasteiger partial charge in [0.15, 0.2) is 0 Å². The molecule has 2 aliphatic heterocycles. The summed E-state index contributed by atoms with van der Waals surface area (Å²) in [6.45, 7) is 2.49. The van der Waals surface area contributed by atoms with Gasteiger partial charge in [-0.05, 0) is 74.4 Å². The smallest absolute Gasteiger partial charge is 0.253 e. The molecule has 0 bridgehead atoms. The maximum absolute atomic E-state index is 13.5.